The fourth-order valence-corrected chi connectivity index (χ4v) is 2.06. The zero-order chi connectivity index (χ0) is 12.6. The van der Waals surface area contributed by atoms with E-state index in [-0.39, 0.29) is 10.7 Å². The van der Waals surface area contributed by atoms with Crippen molar-refractivity contribution in [2.24, 2.45) is 0 Å². The van der Waals surface area contributed by atoms with Gasteiger partial charge in [0.2, 0.25) is 0 Å². The Bertz CT molecular complexity index is 457. The second-order valence-corrected chi connectivity index (χ2v) is 4.27. The van der Waals surface area contributed by atoms with Gasteiger partial charge in [0.1, 0.15) is 5.84 Å². The van der Waals surface area contributed by atoms with E-state index in [2.05, 4.69) is 0 Å². The molecule has 1 aliphatic rings. The Balaban J connectivity index is 2.42. The van der Waals surface area contributed by atoms with E-state index >= 15 is 0 Å². The van der Waals surface area contributed by atoms with Crippen LogP contribution in [0.3, 0.4) is 0 Å². The lowest BCUT2D eigenvalue weighted by Gasteiger charge is -2.20. The Morgan fingerprint density at radius 1 is 1.29 bits per heavy atom. The van der Waals surface area contributed by atoms with Crippen molar-refractivity contribution in [3.8, 4) is 0 Å². The molecule has 0 bridgehead atoms. The number of nitrogens with one attached hydrogen (secondary N) is 1. The standard InChI is InChI=1S/C11H10ClF3N2/c12-8-4-3-7(11(13,14)15)6-9(8)17-5-1-2-10(17)16/h3-4,6,16H,1-2,5H2. The topological polar surface area (TPSA) is 27.1 Å². The van der Waals surface area contributed by atoms with Crippen molar-refractivity contribution >= 4 is 23.1 Å². The van der Waals surface area contributed by atoms with E-state index in [0.29, 0.717) is 18.8 Å². The number of anilines is 1. The molecule has 0 amide bonds. The molecule has 6 heteroatoms. The van der Waals surface area contributed by atoms with Crippen LogP contribution in [0.25, 0.3) is 0 Å². The van der Waals surface area contributed by atoms with E-state index in [9.17, 15) is 13.2 Å². The van der Waals surface area contributed by atoms with Crippen LogP contribution >= 0.6 is 11.6 Å². The molecule has 0 unspecified atom stereocenters. The van der Waals surface area contributed by atoms with Gasteiger partial charge in [-0.25, -0.2) is 0 Å². The summed E-state index contributed by atoms with van der Waals surface area (Å²) in [5.74, 6) is 0.311. The third kappa shape index (κ3) is 2.39. The smallest absolute Gasteiger partial charge is 0.329 e. The summed E-state index contributed by atoms with van der Waals surface area (Å²) in [4.78, 5) is 1.53. The van der Waals surface area contributed by atoms with Gasteiger partial charge in [-0.3, -0.25) is 5.41 Å². The predicted molar refractivity (Wildman–Crippen MR) is 60.8 cm³/mol. The predicted octanol–water partition coefficient (Wildman–Crippen LogP) is 3.94. The van der Waals surface area contributed by atoms with Crippen molar-refractivity contribution in [2.75, 3.05) is 11.4 Å². The first-order valence-corrected chi connectivity index (χ1v) is 5.49. The van der Waals surface area contributed by atoms with Crippen LogP contribution in [0.15, 0.2) is 18.2 Å². The summed E-state index contributed by atoms with van der Waals surface area (Å²) in [7, 11) is 0. The molecule has 0 atom stereocenters. The summed E-state index contributed by atoms with van der Waals surface area (Å²) in [6, 6.07) is 3.18. The van der Waals surface area contributed by atoms with Crippen LogP contribution in [0.4, 0.5) is 18.9 Å². The van der Waals surface area contributed by atoms with Gasteiger partial charge < -0.3 is 4.90 Å². The average molecular weight is 263 g/mol. The SMILES string of the molecule is N=C1CCCN1c1cc(C(F)(F)F)ccc1Cl. The molecule has 1 heterocycles. The lowest BCUT2D eigenvalue weighted by molar-refractivity contribution is -0.137. The molecule has 1 saturated heterocycles. The van der Waals surface area contributed by atoms with E-state index in [4.69, 9.17) is 17.0 Å². The van der Waals surface area contributed by atoms with Crippen LogP contribution < -0.4 is 4.90 Å². The van der Waals surface area contributed by atoms with Crippen LogP contribution in [0, 0.1) is 5.41 Å². The van der Waals surface area contributed by atoms with Crippen LogP contribution in [-0.2, 0) is 6.18 Å². The quantitative estimate of drug-likeness (QED) is 0.815. The Hall–Kier alpha value is -1.23. The largest absolute Gasteiger partial charge is 0.416 e. The molecule has 0 aromatic heterocycles. The number of nitrogens with zero attached hydrogens (tertiary/aromatic N) is 1. The van der Waals surface area contributed by atoms with Gasteiger partial charge in [0.25, 0.3) is 0 Å². The normalized spacial score (nSPS) is 16.7. The van der Waals surface area contributed by atoms with Crippen LogP contribution in [0.1, 0.15) is 18.4 Å². The minimum Gasteiger partial charge on any atom is -0.329 e. The Kier molecular flexibility index (Phi) is 3.03. The molecule has 92 valence electrons. The zero-order valence-electron chi connectivity index (χ0n) is 8.81. The highest BCUT2D eigenvalue weighted by atomic mass is 35.5. The minimum atomic E-state index is -4.39. The molecule has 2 nitrogen and oxygen atoms in total. The van der Waals surface area contributed by atoms with Crippen LogP contribution in [0.5, 0.6) is 0 Å². The lowest BCUT2D eigenvalue weighted by atomic mass is 10.2. The zero-order valence-corrected chi connectivity index (χ0v) is 9.57. The first kappa shape index (κ1) is 12.2. The van der Waals surface area contributed by atoms with Gasteiger partial charge in [-0.2, -0.15) is 13.2 Å². The molecule has 1 aromatic carbocycles. The van der Waals surface area contributed by atoms with Crippen molar-refractivity contribution in [3.05, 3.63) is 28.8 Å². The van der Waals surface area contributed by atoms with Crippen molar-refractivity contribution < 1.29 is 13.2 Å². The highest BCUT2D eigenvalue weighted by Crippen LogP contribution is 2.36. The molecule has 0 spiro atoms. The van der Waals surface area contributed by atoms with Crippen LogP contribution in [0.2, 0.25) is 5.02 Å². The molecular formula is C11H10ClF3N2. The molecule has 0 saturated carbocycles. The maximum absolute atomic E-state index is 12.6. The third-order valence-electron chi connectivity index (χ3n) is 2.69. The monoisotopic (exact) mass is 262 g/mol. The van der Waals surface area contributed by atoms with E-state index in [1.807, 2.05) is 0 Å². The van der Waals surface area contributed by atoms with Gasteiger partial charge in [-0.1, -0.05) is 11.6 Å². The molecule has 1 fully saturated rings. The number of rotatable bonds is 1. The summed E-state index contributed by atoms with van der Waals surface area (Å²) in [6.45, 7) is 0.542. The fraction of sp³-hybridized carbons (Fsp3) is 0.364. The second-order valence-electron chi connectivity index (χ2n) is 3.87. The van der Waals surface area contributed by atoms with E-state index < -0.39 is 11.7 Å². The summed E-state index contributed by atoms with van der Waals surface area (Å²) in [6.07, 6.45) is -3.04. The molecule has 0 aliphatic carbocycles. The van der Waals surface area contributed by atoms with Gasteiger partial charge in [0.15, 0.2) is 0 Å². The first-order valence-electron chi connectivity index (χ1n) is 5.11. The minimum absolute atomic E-state index is 0.240. The molecule has 1 aliphatic heterocycles. The molecular weight excluding hydrogens is 253 g/mol. The molecule has 2 rings (SSSR count). The molecule has 1 aromatic rings. The maximum Gasteiger partial charge on any atom is 0.416 e. The summed E-state index contributed by atoms with van der Waals surface area (Å²) in [5, 5.41) is 7.89. The van der Waals surface area contributed by atoms with Crippen molar-refractivity contribution in [3.63, 3.8) is 0 Å². The van der Waals surface area contributed by atoms with Crippen molar-refractivity contribution in [1.82, 2.24) is 0 Å². The summed E-state index contributed by atoms with van der Waals surface area (Å²) in [5.41, 5.74) is -0.472. The number of benzene rings is 1. The molecule has 1 N–H and O–H groups in total. The summed E-state index contributed by atoms with van der Waals surface area (Å²) >= 11 is 5.89. The number of alkyl halides is 3. The second kappa shape index (κ2) is 4.22. The average Bonchev–Trinajstić information content (AvgIpc) is 2.63. The Morgan fingerprint density at radius 2 is 2.00 bits per heavy atom. The van der Waals surface area contributed by atoms with Gasteiger partial charge in [0.05, 0.1) is 16.3 Å². The summed E-state index contributed by atoms with van der Waals surface area (Å²) < 4.78 is 37.7. The van der Waals surface area contributed by atoms with E-state index in [0.717, 1.165) is 18.6 Å². The Morgan fingerprint density at radius 3 is 2.53 bits per heavy atom. The van der Waals surface area contributed by atoms with Gasteiger partial charge in [0, 0.05) is 13.0 Å². The number of halogens is 4. The van der Waals surface area contributed by atoms with Crippen LogP contribution in [-0.4, -0.2) is 12.4 Å². The van der Waals surface area contributed by atoms with Crippen molar-refractivity contribution in [2.45, 2.75) is 19.0 Å². The highest BCUT2D eigenvalue weighted by molar-refractivity contribution is 6.34. The highest BCUT2D eigenvalue weighted by Gasteiger charge is 2.32. The third-order valence-corrected chi connectivity index (χ3v) is 3.00. The number of hydrogen-bond donors (Lipinski definition) is 1. The first-order chi connectivity index (χ1) is 7.89. The molecule has 17 heavy (non-hydrogen) atoms. The van der Waals surface area contributed by atoms with Gasteiger partial charge >= 0.3 is 6.18 Å². The number of amidine groups is 1. The maximum atomic E-state index is 12.6. The molecule has 0 radical (unpaired) electrons. The Labute approximate surface area is 101 Å². The van der Waals surface area contributed by atoms with Crippen molar-refractivity contribution in [1.29, 1.82) is 5.41 Å². The lowest BCUT2D eigenvalue weighted by Crippen LogP contribution is -2.24. The van der Waals surface area contributed by atoms with E-state index in [1.165, 1.54) is 11.0 Å². The van der Waals surface area contributed by atoms with Gasteiger partial charge in [-0.05, 0) is 24.6 Å². The number of hydrogen-bond acceptors (Lipinski definition) is 1. The van der Waals surface area contributed by atoms with E-state index in [1.54, 1.807) is 0 Å². The fourth-order valence-electron chi connectivity index (χ4n) is 1.84. The van der Waals surface area contributed by atoms with Gasteiger partial charge in [-0.15, -0.1) is 0 Å².